The Morgan fingerprint density at radius 3 is 2.55 bits per heavy atom. The highest BCUT2D eigenvalue weighted by atomic mass is 32.2. The Balaban J connectivity index is 1.59. The number of benzene rings is 2. The highest BCUT2D eigenvalue weighted by molar-refractivity contribution is 7.99. The van der Waals surface area contributed by atoms with Gasteiger partial charge in [-0.05, 0) is 64.1 Å². The monoisotopic (exact) mass is 467 g/mol. The van der Waals surface area contributed by atoms with Crippen molar-refractivity contribution in [3.05, 3.63) is 65.5 Å². The van der Waals surface area contributed by atoms with Crippen molar-refractivity contribution in [3.8, 4) is 5.75 Å². The normalized spacial score (nSPS) is 11.6. The van der Waals surface area contributed by atoms with Crippen LogP contribution in [0.4, 0.5) is 5.69 Å². The van der Waals surface area contributed by atoms with Crippen molar-refractivity contribution in [1.29, 1.82) is 0 Å². The molecule has 9 heteroatoms. The van der Waals surface area contributed by atoms with Gasteiger partial charge < -0.3 is 19.9 Å². The minimum Gasteiger partial charge on any atom is -0.494 e. The summed E-state index contributed by atoms with van der Waals surface area (Å²) in [7, 11) is 0. The summed E-state index contributed by atoms with van der Waals surface area (Å²) < 4.78 is 7.32. The first kappa shape index (κ1) is 24.3. The van der Waals surface area contributed by atoms with E-state index < -0.39 is 0 Å². The van der Waals surface area contributed by atoms with Gasteiger partial charge in [0.25, 0.3) is 5.91 Å². The minimum atomic E-state index is -0.336. The van der Waals surface area contributed by atoms with Crippen molar-refractivity contribution < 1.29 is 14.3 Å². The van der Waals surface area contributed by atoms with E-state index in [-0.39, 0.29) is 23.6 Å². The molecule has 0 fully saturated rings. The first-order valence-electron chi connectivity index (χ1n) is 10.9. The number of rotatable bonds is 10. The maximum atomic E-state index is 12.6. The van der Waals surface area contributed by atoms with Crippen LogP contribution in [0.15, 0.2) is 53.7 Å². The number of carbonyl (C=O) groups is 2. The van der Waals surface area contributed by atoms with Crippen molar-refractivity contribution in [1.82, 2.24) is 20.1 Å². The van der Waals surface area contributed by atoms with E-state index >= 15 is 0 Å². The summed E-state index contributed by atoms with van der Waals surface area (Å²) >= 11 is 1.31. The van der Waals surface area contributed by atoms with Gasteiger partial charge in [-0.25, -0.2) is 0 Å². The number of nitrogens with zero attached hydrogens (tertiary/aromatic N) is 3. The number of hydrogen-bond acceptors (Lipinski definition) is 6. The van der Waals surface area contributed by atoms with Gasteiger partial charge in [0.1, 0.15) is 5.75 Å². The Hall–Kier alpha value is -3.33. The Bertz CT molecular complexity index is 1100. The predicted octanol–water partition coefficient (Wildman–Crippen LogP) is 4.23. The van der Waals surface area contributed by atoms with Crippen LogP contribution in [0.25, 0.3) is 0 Å². The van der Waals surface area contributed by atoms with Gasteiger partial charge in [0.05, 0.1) is 18.4 Å². The molecule has 0 bridgehead atoms. The summed E-state index contributed by atoms with van der Waals surface area (Å²) in [6, 6.07) is 14.3. The maximum absolute atomic E-state index is 12.6. The molecule has 3 aromatic rings. The lowest BCUT2D eigenvalue weighted by Gasteiger charge is -2.15. The van der Waals surface area contributed by atoms with E-state index in [0.717, 1.165) is 11.3 Å². The Morgan fingerprint density at radius 2 is 1.88 bits per heavy atom. The summed E-state index contributed by atoms with van der Waals surface area (Å²) in [5.74, 6) is 1.29. The van der Waals surface area contributed by atoms with E-state index in [1.807, 2.05) is 62.6 Å². The van der Waals surface area contributed by atoms with Crippen molar-refractivity contribution >= 4 is 29.3 Å². The van der Waals surface area contributed by atoms with E-state index in [2.05, 4.69) is 20.8 Å². The van der Waals surface area contributed by atoms with E-state index in [4.69, 9.17) is 4.74 Å². The van der Waals surface area contributed by atoms with E-state index in [9.17, 15) is 9.59 Å². The molecule has 0 aliphatic heterocycles. The fourth-order valence-electron chi connectivity index (χ4n) is 3.28. The third-order valence-electron chi connectivity index (χ3n) is 4.86. The average Bonchev–Trinajstić information content (AvgIpc) is 3.22. The molecule has 3 rings (SSSR count). The van der Waals surface area contributed by atoms with Crippen LogP contribution in [-0.4, -0.2) is 38.9 Å². The lowest BCUT2D eigenvalue weighted by molar-refractivity contribution is -0.113. The molecule has 8 nitrogen and oxygen atoms in total. The predicted molar refractivity (Wildman–Crippen MR) is 130 cm³/mol. The molecule has 1 aromatic heterocycles. The number of anilines is 1. The maximum Gasteiger partial charge on any atom is 0.251 e. The zero-order valence-corrected chi connectivity index (χ0v) is 20.1. The highest BCUT2D eigenvalue weighted by Crippen LogP contribution is 2.22. The van der Waals surface area contributed by atoms with Crippen LogP contribution in [0, 0.1) is 6.92 Å². The minimum absolute atomic E-state index is 0.142. The third kappa shape index (κ3) is 6.58. The van der Waals surface area contributed by atoms with E-state index in [0.29, 0.717) is 35.4 Å². The summed E-state index contributed by atoms with van der Waals surface area (Å²) in [5, 5.41) is 15.0. The molecule has 2 N–H and O–H groups in total. The van der Waals surface area contributed by atoms with Crippen LogP contribution < -0.4 is 15.4 Å². The highest BCUT2D eigenvalue weighted by Gasteiger charge is 2.20. The molecule has 0 aliphatic carbocycles. The third-order valence-corrected chi connectivity index (χ3v) is 5.83. The topological polar surface area (TPSA) is 98.1 Å². The Morgan fingerprint density at radius 1 is 1.12 bits per heavy atom. The lowest BCUT2D eigenvalue weighted by Crippen LogP contribution is -2.28. The number of amides is 2. The molecule has 0 unspecified atom stereocenters. The zero-order valence-electron chi connectivity index (χ0n) is 19.3. The molecular weight excluding hydrogens is 438 g/mol. The van der Waals surface area contributed by atoms with E-state index in [1.54, 1.807) is 18.2 Å². The summed E-state index contributed by atoms with van der Waals surface area (Å²) in [5.41, 5.74) is 2.33. The summed E-state index contributed by atoms with van der Waals surface area (Å²) in [6.45, 7) is 8.94. The quantitative estimate of drug-likeness (QED) is 0.433. The van der Waals surface area contributed by atoms with Gasteiger partial charge in [-0.3, -0.25) is 9.59 Å². The fourth-order valence-corrected chi connectivity index (χ4v) is 4.09. The second-order valence-corrected chi connectivity index (χ2v) is 8.39. The molecule has 0 aliphatic rings. The number of ether oxygens (including phenoxy) is 1. The number of nitrogens with one attached hydrogen (secondary N) is 2. The molecule has 1 atom stereocenters. The van der Waals surface area contributed by atoms with Gasteiger partial charge >= 0.3 is 0 Å². The van der Waals surface area contributed by atoms with Gasteiger partial charge in [0.2, 0.25) is 5.91 Å². The number of thioether (sulfide) groups is 1. The Kier molecular flexibility index (Phi) is 8.48. The van der Waals surface area contributed by atoms with Crippen LogP contribution in [0.3, 0.4) is 0 Å². The van der Waals surface area contributed by atoms with Crippen LogP contribution >= 0.6 is 11.8 Å². The lowest BCUT2D eigenvalue weighted by atomic mass is 10.1. The summed E-state index contributed by atoms with van der Waals surface area (Å²) in [6.07, 6.45) is 0. The second-order valence-electron chi connectivity index (χ2n) is 7.44. The molecule has 0 saturated carbocycles. The molecule has 1 heterocycles. The molecule has 0 spiro atoms. The fraction of sp³-hybridized carbons (Fsp3) is 0.333. The summed E-state index contributed by atoms with van der Waals surface area (Å²) in [4.78, 5) is 25.0. The van der Waals surface area contributed by atoms with Crippen molar-refractivity contribution in [3.63, 3.8) is 0 Å². The average molecular weight is 468 g/mol. The zero-order chi connectivity index (χ0) is 23.8. The van der Waals surface area contributed by atoms with Crippen LogP contribution in [0.2, 0.25) is 0 Å². The number of aromatic nitrogens is 3. The first-order valence-corrected chi connectivity index (χ1v) is 11.9. The first-order chi connectivity index (χ1) is 15.9. The molecule has 174 valence electrons. The number of carbonyl (C=O) groups excluding carboxylic acids is 2. The van der Waals surface area contributed by atoms with Crippen molar-refractivity contribution in [2.45, 2.75) is 45.4 Å². The Labute approximate surface area is 198 Å². The van der Waals surface area contributed by atoms with Crippen molar-refractivity contribution in [2.75, 3.05) is 17.7 Å². The van der Waals surface area contributed by atoms with Gasteiger partial charge in [0, 0.05) is 17.8 Å². The molecule has 2 amide bonds. The molecular formula is C24H29N5O3S. The van der Waals surface area contributed by atoms with Crippen molar-refractivity contribution in [2.24, 2.45) is 0 Å². The van der Waals surface area contributed by atoms with Gasteiger partial charge in [-0.15, -0.1) is 10.2 Å². The number of aryl methyl sites for hydroxylation is 1. The molecule has 0 saturated heterocycles. The number of hydrogen-bond donors (Lipinski definition) is 2. The largest absolute Gasteiger partial charge is 0.494 e. The molecule has 33 heavy (non-hydrogen) atoms. The smallest absolute Gasteiger partial charge is 0.251 e. The van der Waals surface area contributed by atoms with Crippen LogP contribution in [-0.2, 0) is 11.3 Å². The molecule has 2 aromatic carbocycles. The van der Waals surface area contributed by atoms with Gasteiger partial charge in [-0.2, -0.15) is 0 Å². The SMILES string of the molecule is CCOc1ccc(NC(=O)CSc2nnc([C@@H](C)NC(=O)c3cccc(C)c3)n2CC)cc1. The van der Waals surface area contributed by atoms with Gasteiger partial charge in [0.15, 0.2) is 11.0 Å². The second kappa shape index (κ2) is 11.5. The van der Waals surface area contributed by atoms with Crippen LogP contribution in [0.1, 0.15) is 48.6 Å². The van der Waals surface area contributed by atoms with Crippen LogP contribution in [0.5, 0.6) is 5.75 Å². The van der Waals surface area contributed by atoms with E-state index in [1.165, 1.54) is 11.8 Å². The standard InChI is InChI=1S/C24H29N5O3S/c1-5-29-22(17(4)25-23(31)18-9-7-8-16(3)14-18)27-28-24(29)33-15-21(30)26-19-10-12-20(13-11-19)32-6-2/h7-14,17H,5-6,15H2,1-4H3,(H,25,31)(H,26,30)/t17-/m1/s1. The van der Waals surface area contributed by atoms with Gasteiger partial charge in [-0.1, -0.05) is 29.5 Å². The molecule has 0 radical (unpaired) electrons.